The molecule has 0 saturated heterocycles. The van der Waals surface area contributed by atoms with Gasteiger partial charge in [0.15, 0.2) is 0 Å². The smallest absolute Gasteiger partial charge is 0.266 e. The number of aliphatic imine (C=N–C) groups is 1. The zero-order valence-electron chi connectivity index (χ0n) is 15.1. The predicted molar refractivity (Wildman–Crippen MR) is 116 cm³/mol. The minimum absolute atomic E-state index is 0.186. The van der Waals surface area contributed by atoms with Crippen molar-refractivity contribution in [3.63, 3.8) is 0 Å². The minimum atomic E-state index is -0.186. The summed E-state index contributed by atoms with van der Waals surface area (Å²) in [7, 11) is 0. The van der Waals surface area contributed by atoms with Crippen molar-refractivity contribution in [1.29, 1.82) is 0 Å². The second kappa shape index (κ2) is 7.63. The van der Waals surface area contributed by atoms with E-state index in [-0.39, 0.29) is 5.91 Å². The Bertz CT molecular complexity index is 1100. The standard InChI is InChI=1S/C23H16Cl2N2O/c1-15-3-2-4-17(13-15)22-26-21(14-16-5-7-18(24)8-6-16)23(28)27(22)20-11-9-19(25)10-12-20/h2-14H,1H3/b21-14+. The van der Waals surface area contributed by atoms with E-state index in [0.717, 1.165) is 16.7 Å². The normalized spacial score (nSPS) is 15.2. The Morgan fingerprint density at radius 2 is 1.54 bits per heavy atom. The third kappa shape index (κ3) is 3.72. The van der Waals surface area contributed by atoms with E-state index in [1.54, 1.807) is 35.2 Å². The van der Waals surface area contributed by atoms with Gasteiger partial charge in [-0.25, -0.2) is 4.99 Å². The quantitative estimate of drug-likeness (QED) is 0.481. The molecule has 0 radical (unpaired) electrons. The molecule has 0 spiro atoms. The summed E-state index contributed by atoms with van der Waals surface area (Å²) in [6, 6.07) is 22.4. The topological polar surface area (TPSA) is 32.7 Å². The van der Waals surface area contributed by atoms with Crippen LogP contribution in [0, 0.1) is 6.92 Å². The zero-order chi connectivity index (χ0) is 19.7. The van der Waals surface area contributed by atoms with Crippen LogP contribution in [0.4, 0.5) is 5.69 Å². The van der Waals surface area contributed by atoms with Crippen LogP contribution in [0.1, 0.15) is 16.7 Å². The highest BCUT2D eigenvalue weighted by Gasteiger charge is 2.32. The molecule has 3 aromatic carbocycles. The Morgan fingerprint density at radius 1 is 0.893 bits per heavy atom. The van der Waals surface area contributed by atoms with E-state index in [0.29, 0.717) is 27.3 Å². The molecule has 3 nitrogen and oxygen atoms in total. The molecule has 0 N–H and O–H groups in total. The lowest BCUT2D eigenvalue weighted by atomic mass is 10.1. The lowest BCUT2D eigenvalue weighted by molar-refractivity contribution is -0.113. The fourth-order valence-corrected chi connectivity index (χ4v) is 3.29. The van der Waals surface area contributed by atoms with E-state index < -0.39 is 0 Å². The minimum Gasteiger partial charge on any atom is -0.266 e. The monoisotopic (exact) mass is 406 g/mol. The van der Waals surface area contributed by atoms with Gasteiger partial charge >= 0.3 is 0 Å². The van der Waals surface area contributed by atoms with Crippen LogP contribution >= 0.6 is 23.2 Å². The van der Waals surface area contributed by atoms with Gasteiger partial charge in [-0.3, -0.25) is 9.69 Å². The van der Waals surface area contributed by atoms with E-state index in [2.05, 4.69) is 4.99 Å². The third-order valence-electron chi connectivity index (χ3n) is 4.39. The third-order valence-corrected chi connectivity index (χ3v) is 4.90. The molecule has 4 rings (SSSR count). The maximum atomic E-state index is 13.2. The van der Waals surface area contributed by atoms with E-state index in [1.807, 2.05) is 55.5 Å². The van der Waals surface area contributed by atoms with Crippen molar-refractivity contribution in [2.45, 2.75) is 6.92 Å². The second-order valence-corrected chi connectivity index (χ2v) is 7.38. The van der Waals surface area contributed by atoms with Gasteiger partial charge in [0.2, 0.25) is 0 Å². The van der Waals surface area contributed by atoms with Gasteiger partial charge in [-0.05, 0) is 61.0 Å². The number of amidine groups is 1. The van der Waals surface area contributed by atoms with Crippen molar-refractivity contribution in [2.24, 2.45) is 4.99 Å². The molecule has 0 bridgehead atoms. The first-order valence-electron chi connectivity index (χ1n) is 8.74. The molecule has 3 aromatic rings. The average Bonchev–Trinajstić information content (AvgIpc) is 3.01. The fourth-order valence-electron chi connectivity index (χ4n) is 3.04. The first kappa shape index (κ1) is 18.5. The second-order valence-electron chi connectivity index (χ2n) is 6.50. The molecule has 0 aromatic heterocycles. The number of benzene rings is 3. The van der Waals surface area contributed by atoms with E-state index in [4.69, 9.17) is 23.2 Å². The first-order valence-corrected chi connectivity index (χ1v) is 9.50. The Morgan fingerprint density at radius 3 is 2.18 bits per heavy atom. The summed E-state index contributed by atoms with van der Waals surface area (Å²) in [5.74, 6) is 0.407. The lowest BCUT2D eigenvalue weighted by Gasteiger charge is -2.18. The summed E-state index contributed by atoms with van der Waals surface area (Å²) >= 11 is 12.0. The van der Waals surface area contributed by atoms with Crippen LogP contribution in [-0.4, -0.2) is 11.7 Å². The summed E-state index contributed by atoms with van der Waals surface area (Å²) < 4.78 is 0. The average molecular weight is 407 g/mol. The van der Waals surface area contributed by atoms with Gasteiger partial charge in [-0.15, -0.1) is 0 Å². The highest BCUT2D eigenvalue weighted by molar-refractivity contribution is 6.34. The van der Waals surface area contributed by atoms with Crippen LogP contribution < -0.4 is 4.90 Å². The van der Waals surface area contributed by atoms with Crippen LogP contribution in [0.3, 0.4) is 0 Å². The van der Waals surface area contributed by atoms with Gasteiger partial charge in [0.25, 0.3) is 5.91 Å². The summed E-state index contributed by atoms with van der Waals surface area (Å²) in [6.45, 7) is 2.01. The van der Waals surface area contributed by atoms with E-state index >= 15 is 0 Å². The Kier molecular flexibility index (Phi) is 5.03. The van der Waals surface area contributed by atoms with Crippen molar-refractivity contribution in [3.05, 3.63) is 105 Å². The maximum Gasteiger partial charge on any atom is 0.282 e. The molecule has 0 unspecified atom stereocenters. The number of hydrogen-bond acceptors (Lipinski definition) is 2. The highest BCUT2D eigenvalue weighted by atomic mass is 35.5. The first-order chi connectivity index (χ1) is 13.5. The van der Waals surface area contributed by atoms with Gasteiger partial charge in [-0.1, -0.05) is 59.1 Å². The maximum absolute atomic E-state index is 13.2. The summed E-state index contributed by atoms with van der Waals surface area (Å²) in [6.07, 6.45) is 1.77. The van der Waals surface area contributed by atoms with Gasteiger partial charge in [0.1, 0.15) is 11.5 Å². The number of aryl methyl sites for hydroxylation is 1. The van der Waals surface area contributed by atoms with Crippen LogP contribution in [-0.2, 0) is 4.79 Å². The highest BCUT2D eigenvalue weighted by Crippen LogP contribution is 2.29. The van der Waals surface area contributed by atoms with Crippen molar-refractivity contribution >= 4 is 46.7 Å². The van der Waals surface area contributed by atoms with Crippen LogP contribution in [0.25, 0.3) is 6.08 Å². The predicted octanol–water partition coefficient (Wildman–Crippen LogP) is 6.14. The van der Waals surface area contributed by atoms with Gasteiger partial charge in [0.05, 0.1) is 5.69 Å². The van der Waals surface area contributed by atoms with Crippen molar-refractivity contribution in [2.75, 3.05) is 4.90 Å². The molecule has 5 heteroatoms. The molecule has 138 valence electrons. The number of carbonyl (C=O) groups is 1. The molecular weight excluding hydrogens is 391 g/mol. The molecule has 0 fully saturated rings. The SMILES string of the molecule is Cc1cccc(C2=N/C(=C/c3ccc(Cl)cc3)C(=O)N2c2ccc(Cl)cc2)c1. The number of anilines is 1. The molecule has 0 atom stereocenters. The van der Waals surface area contributed by atoms with Gasteiger partial charge < -0.3 is 0 Å². The fraction of sp³-hybridized carbons (Fsp3) is 0.0435. The molecule has 0 saturated carbocycles. The molecule has 0 aliphatic carbocycles. The van der Waals surface area contributed by atoms with Gasteiger partial charge in [0, 0.05) is 15.6 Å². The van der Waals surface area contributed by atoms with Crippen molar-refractivity contribution in [1.82, 2.24) is 0 Å². The summed E-state index contributed by atoms with van der Waals surface area (Å²) in [5.41, 5.74) is 3.92. The van der Waals surface area contributed by atoms with Crippen molar-refractivity contribution in [3.8, 4) is 0 Å². The van der Waals surface area contributed by atoms with Gasteiger partial charge in [-0.2, -0.15) is 0 Å². The van der Waals surface area contributed by atoms with E-state index in [1.165, 1.54) is 0 Å². The largest absolute Gasteiger partial charge is 0.282 e. The molecule has 1 amide bonds. The number of hydrogen-bond donors (Lipinski definition) is 0. The molecule has 28 heavy (non-hydrogen) atoms. The number of amides is 1. The number of rotatable bonds is 3. The molecule has 1 aliphatic rings. The number of halogens is 2. The number of carbonyl (C=O) groups excluding carboxylic acids is 1. The number of nitrogens with zero attached hydrogens (tertiary/aromatic N) is 2. The lowest BCUT2D eigenvalue weighted by Crippen LogP contribution is -2.32. The Labute approximate surface area is 173 Å². The Hall–Kier alpha value is -2.88. The van der Waals surface area contributed by atoms with Crippen LogP contribution in [0.5, 0.6) is 0 Å². The van der Waals surface area contributed by atoms with Crippen LogP contribution in [0.2, 0.25) is 10.0 Å². The summed E-state index contributed by atoms with van der Waals surface area (Å²) in [4.78, 5) is 19.5. The zero-order valence-corrected chi connectivity index (χ0v) is 16.6. The van der Waals surface area contributed by atoms with E-state index in [9.17, 15) is 4.79 Å². The van der Waals surface area contributed by atoms with Crippen molar-refractivity contribution < 1.29 is 4.79 Å². The molecule has 1 heterocycles. The molecule has 1 aliphatic heterocycles. The van der Waals surface area contributed by atoms with Crippen LogP contribution in [0.15, 0.2) is 83.5 Å². The Balaban J connectivity index is 1.82. The summed E-state index contributed by atoms with van der Waals surface area (Å²) in [5, 5.41) is 1.26. The molecular formula is C23H16Cl2N2O.